The van der Waals surface area contributed by atoms with E-state index in [1.54, 1.807) is 11.3 Å². The van der Waals surface area contributed by atoms with Crippen LogP contribution in [0.25, 0.3) is 0 Å². The molecular weight excluding hydrogens is 228 g/mol. The van der Waals surface area contributed by atoms with Crippen molar-refractivity contribution in [3.05, 3.63) is 21.9 Å². The predicted octanol–water partition coefficient (Wildman–Crippen LogP) is 3.68. The van der Waals surface area contributed by atoms with E-state index in [1.807, 2.05) is 11.4 Å². The summed E-state index contributed by atoms with van der Waals surface area (Å²) in [6.07, 6.45) is 8.49. The lowest BCUT2D eigenvalue weighted by atomic mass is 10.0. The van der Waals surface area contributed by atoms with E-state index < -0.39 is 0 Å². The fraction of sp³-hybridized carbons (Fsp3) is 0.643. The predicted molar refractivity (Wildman–Crippen MR) is 71.9 cm³/mol. The van der Waals surface area contributed by atoms with Crippen LogP contribution in [0.2, 0.25) is 0 Å². The van der Waals surface area contributed by atoms with Gasteiger partial charge in [0.2, 0.25) is 0 Å². The van der Waals surface area contributed by atoms with Crippen LogP contribution in [0.5, 0.6) is 0 Å². The zero-order valence-corrected chi connectivity index (χ0v) is 11.1. The third kappa shape index (κ3) is 4.14. The molecule has 92 valence electrons. The smallest absolute Gasteiger partial charge is 0.100 e. The molecule has 0 spiro atoms. The average molecular weight is 248 g/mol. The third-order valence-electron chi connectivity index (χ3n) is 3.52. The summed E-state index contributed by atoms with van der Waals surface area (Å²) in [4.78, 5) is 1.27. The van der Waals surface area contributed by atoms with Crippen molar-refractivity contribution in [3.8, 4) is 6.07 Å². The van der Waals surface area contributed by atoms with Crippen LogP contribution in [0, 0.1) is 17.2 Å². The Morgan fingerprint density at radius 2 is 2.24 bits per heavy atom. The quantitative estimate of drug-likeness (QED) is 0.780. The number of hydrogen-bond donors (Lipinski definition) is 1. The Bertz CT molecular complexity index is 372. The zero-order valence-electron chi connectivity index (χ0n) is 10.2. The summed E-state index contributed by atoms with van der Waals surface area (Å²) in [6, 6.07) is 4.15. The molecule has 0 aromatic carbocycles. The molecular formula is C14H20N2S. The van der Waals surface area contributed by atoms with Gasteiger partial charge in [0.15, 0.2) is 0 Å². The number of rotatable bonds is 6. The maximum Gasteiger partial charge on any atom is 0.100 e. The van der Waals surface area contributed by atoms with Gasteiger partial charge in [0.1, 0.15) is 6.07 Å². The van der Waals surface area contributed by atoms with Gasteiger partial charge < -0.3 is 5.32 Å². The molecule has 1 N–H and O–H groups in total. The molecule has 0 radical (unpaired) electrons. The zero-order chi connectivity index (χ0) is 11.9. The summed E-state index contributed by atoms with van der Waals surface area (Å²) in [5.74, 6) is 1.00. The van der Waals surface area contributed by atoms with Gasteiger partial charge in [-0.2, -0.15) is 5.26 Å². The van der Waals surface area contributed by atoms with Crippen molar-refractivity contribution >= 4 is 11.3 Å². The van der Waals surface area contributed by atoms with Gasteiger partial charge in [-0.15, -0.1) is 11.3 Å². The standard InChI is InChI=1S/C14H20N2S/c15-9-13-8-14(17-11-13)10-16-7-3-6-12-4-1-2-5-12/h8,11-12,16H,1-7,10H2. The van der Waals surface area contributed by atoms with Crippen LogP contribution in [0.15, 0.2) is 11.4 Å². The van der Waals surface area contributed by atoms with Crippen molar-refractivity contribution in [2.45, 2.75) is 45.1 Å². The van der Waals surface area contributed by atoms with Crippen LogP contribution in [-0.4, -0.2) is 6.54 Å². The van der Waals surface area contributed by atoms with Crippen LogP contribution < -0.4 is 5.32 Å². The number of nitriles is 1. The monoisotopic (exact) mass is 248 g/mol. The first-order valence-electron chi connectivity index (χ1n) is 6.56. The maximum atomic E-state index is 8.72. The molecule has 17 heavy (non-hydrogen) atoms. The number of nitrogens with zero attached hydrogens (tertiary/aromatic N) is 1. The SMILES string of the molecule is N#Cc1csc(CNCCCC2CCCC2)c1. The lowest BCUT2D eigenvalue weighted by Gasteiger charge is -2.08. The molecule has 0 atom stereocenters. The Morgan fingerprint density at radius 3 is 2.94 bits per heavy atom. The highest BCUT2D eigenvalue weighted by molar-refractivity contribution is 7.10. The van der Waals surface area contributed by atoms with E-state index in [2.05, 4.69) is 11.4 Å². The van der Waals surface area contributed by atoms with Crippen LogP contribution in [0.1, 0.15) is 49.0 Å². The van der Waals surface area contributed by atoms with E-state index in [4.69, 9.17) is 5.26 Å². The second-order valence-corrected chi connectivity index (χ2v) is 5.88. The van der Waals surface area contributed by atoms with E-state index in [1.165, 1.54) is 43.4 Å². The number of thiophene rings is 1. The molecule has 1 aromatic heterocycles. The van der Waals surface area contributed by atoms with E-state index in [0.717, 1.165) is 24.6 Å². The molecule has 3 heteroatoms. The molecule has 0 amide bonds. The van der Waals surface area contributed by atoms with Crippen molar-refractivity contribution in [1.82, 2.24) is 5.32 Å². The maximum absolute atomic E-state index is 8.72. The summed E-state index contributed by atoms with van der Waals surface area (Å²) in [6.45, 7) is 2.02. The minimum Gasteiger partial charge on any atom is -0.312 e. The summed E-state index contributed by atoms with van der Waals surface area (Å²) in [5, 5.41) is 14.1. The first-order valence-corrected chi connectivity index (χ1v) is 7.44. The lowest BCUT2D eigenvalue weighted by molar-refractivity contribution is 0.471. The Balaban J connectivity index is 1.55. The molecule has 2 nitrogen and oxygen atoms in total. The topological polar surface area (TPSA) is 35.8 Å². The van der Waals surface area contributed by atoms with Crippen molar-refractivity contribution in [3.63, 3.8) is 0 Å². The lowest BCUT2D eigenvalue weighted by Crippen LogP contribution is -2.14. The Labute approximate surface area is 108 Å². The molecule has 1 aliphatic rings. The van der Waals surface area contributed by atoms with Crippen LogP contribution in [0.4, 0.5) is 0 Å². The van der Waals surface area contributed by atoms with Gasteiger partial charge in [-0.1, -0.05) is 25.7 Å². The molecule has 0 bridgehead atoms. The van der Waals surface area contributed by atoms with Gasteiger partial charge in [0, 0.05) is 16.8 Å². The minimum atomic E-state index is 0.790. The average Bonchev–Trinajstić information content (AvgIpc) is 2.99. The molecule has 1 heterocycles. The molecule has 0 aliphatic heterocycles. The number of hydrogen-bond acceptors (Lipinski definition) is 3. The summed E-state index contributed by atoms with van der Waals surface area (Å²) >= 11 is 1.67. The molecule has 0 saturated heterocycles. The van der Waals surface area contributed by atoms with Gasteiger partial charge in [0.05, 0.1) is 5.56 Å². The van der Waals surface area contributed by atoms with Crippen LogP contribution in [0.3, 0.4) is 0 Å². The largest absolute Gasteiger partial charge is 0.312 e. The van der Waals surface area contributed by atoms with E-state index in [9.17, 15) is 0 Å². The first kappa shape index (κ1) is 12.6. The third-order valence-corrected chi connectivity index (χ3v) is 4.46. The highest BCUT2D eigenvalue weighted by atomic mass is 32.1. The van der Waals surface area contributed by atoms with E-state index in [0.29, 0.717) is 0 Å². The van der Waals surface area contributed by atoms with E-state index in [-0.39, 0.29) is 0 Å². The fourth-order valence-corrected chi connectivity index (χ4v) is 3.34. The second kappa shape index (κ2) is 6.78. The Hall–Kier alpha value is -0.850. The summed E-state index contributed by atoms with van der Waals surface area (Å²) in [5.41, 5.74) is 0.790. The molecule has 2 rings (SSSR count). The molecule has 1 aliphatic carbocycles. The summed E-state index contributed by atoms with van der Waals surface area (Å²) < 4.78 is 0. The molecule has 1 aromatic rings. The first-order chi connectivity index (χ1) is 8.38. The van der Waals surface area contributed by atoms with Gasteiger partial charge in [0.25, 0.3) is 0 Å². The van der Waals surface area contributed by atoms with Crippen molar-refractivity contribution in [1.29, 1.82) is 5.26 Å². The van der Waals surface area contributed by atoms with Gasteiger partial charge in [-0.05, 0) is 31.4 Å². The second-order valence-electron chi connectivity index (χ2n) is 4.88. The Morgan fingerprint density at radius 1 is 1.41 bits per heavy atom. The molecule has 0 unspecified atom stereocenters. The Kier molecular flexibility index (Phi) is 5.03. The van der Waals surface area contributed by atoms with Gasteiger partial charge in [-0.25, -0.2) is 0 Å². The van der Waals surface area contributed by atoms with Gasteiger partial charge >= 0.3 is 0 Å². The normalized spacial score (nSPS) is 16.2. The van der Waals surface area contributed by atoms with Gasteiger partial charge in [-0.3, -0.25) is 0 Å². The highest BCUT2D eigenvalue weighted by Gasteiger charge is 2.13. The minimum absolute atomic E-state index is 0.790. The van der Waals surface area contributed by atoms with Crippen LogP contribution in [-0.2, 0) is 6.54 Å². The van der Waals surface area contributed by atoms with Crippen molar-refractivity contribution in [2.75, 3.05) is 6.54 Å². The summed E-state index contributed by atoms with van der Waals surface area (Å²) in [7, 11) is 0. The van der Waals surface area contributed by atoms with E-state index >= 15 is 0 Å². The fourth-order valence-electron chi connectivity index (χ4n) is 2.56. The number of nitrogens with one attached hydrogen (secondary N) is 1. The molecule has 1 saturated carbocycles. The van der Waals surface area contributed by atoms with Crippen LogP contribution >= 0.6 is 11.3 Å². The van der Waals surface area contributed by atoms with Crippen molar-refractivity contribution < 1.29 is 0 Å². The molecule has 1 fully saturated rings. The van der Waals surface area contributed by atoms with Crippen molar-refractivity contribution in [2.24, 2.45) is 5.92 Å². The highest BCUT2D eigenvalue weighted by Crippen LogP contribution is 2.28.